The van der Waals surface area contributed by atoms with Crippen LogP contribution in [0.2, 0.25) is 5.02 Å². The minimum Gasteiger partial charge on any atom is -0.488 e. The van der Waals surface area contributed by atoms with E-state index in [4.69, 9.17) is 16.3 Å². The van der Waals surface area contributed by atoms with E-state index in [1.165, 1.54) is 35.6 Å². The number of rotatable bonds is 8. The Bertz CT molecular complexity index is 1830. The number of ether oxygens (including phenoxy) is 1. The van der Waals surface area contributed by atoms with Crippen LogP contribution in [0.15, 0.2) is 89.8 Å². The monoisotopic (exact) mass is 664 g/mol. The number of carbonyl (C=O) groups excluding carboxylic acids is 2. The summed E-state index contributed by atoms with van der Waals surface area (Å²) in [6, 6.07) is 23.4. The van der Waals surface area contributed by atoms with Crippen LogP contribution in [-0.4, -0.2) is 73.6 Å². The topological polar surface area (TPSA) is 128 Å². The summed E-state index contributed by atoms with van der Waals surface area (Å²) in [7, 11) is -2.39. The summed E-state index contributed by atoms with van der Waals surface area (Å²) in [6.45, 7) is 3.64. The summed E-state index contributed by atoms with van der Waals surface area (Å²) in [6.07, 6.45) is -0.697. The van der Waals surface area contributed by atoms with E-state index in [-0.39, 0.29) is 42.8 Å². The smallest absolute Gasteiger partial charge is 0.323 e. The Morgan fingerprint density at radius 1 is 1.07 bits per heavy atom. The first-order valence-electron chi connectivity index (χ1n) is 14.9. The number of hydrogen-bond donors (Lipinski definition) is 3. The fourth-order valence-corrected chi connectivity index (χ4v) is 6.79. The maximum Gasteiger partial charge on any atom is 0.323 e. The summed E-state index contributed by atoms with van der Waals surface area (Å²) in [5.41, 5.74) is 1.62. The molecule has 3 amide bonds. The Morgan fingerprint density at radius 2 is 1.78 bits per heavy atom. The van der Waals surface area contributed by atoms with E-state index in [0.717, 1.165) is 10.8 Å². The molecule has 3 atom stereocenters. The van der Waals surface area contributed by atoms with Gasteiger partial charge in [-0.15, -0.1) is 0 Å². The third kappa shape index (κ3) is 7.45. The van der Waals surface area contributed by atoms with E-state index in [2.05, 4.69) is 10.6 Å². The summed E-state index contributed by atoms with van der Waals surface area (Å²) >= 11 is 5.97. The van der Waals surface area contributed by atoms with Crippen LogP contribution in [0, 0.1) is 5.92 Å². The van der Waals surface area contributed by atoms with Crippen LogP contribution >= 0.6 is 11.6 Å². The summed E-state index contributed by atoms with van der Waals surface area (Å²) < 4.78 is 34.5. The van der Waals surface area contributed by atoms with Crippen molar-refractivity contribution >= 4 is 55.7 Å². The zero-order valence-electron chi connectivity index (χ0n) is 25.8. The van der Waals surface area contributed by atoms with E-state index >= 15 is 0 Å². The van der Waals surface area contributed by atoms with Crippen LogP contribution in [-0.2, 0) is 21.2 Å². The van der Waals surface area contributed by atoms with Crippen LogP contribution in [0.3, 0.4) is 0 Å². The molecule has 0 aromatic heterocycles. The van der Waals surface area contributed by atoms with Crippen molar-refractivity contribution in [2.75, 3.05) is 37.4 Å². The van der Waals surface area contributed by atoms with Crippen LogP contribution in [0.25, 0.3) is 10.8 Å². The molecule has 0 spiro atoms. The van der Waals surface area contributed by atoms with Gasteiger partial charge in [0.05, 0.1) is 36.2 Å². The van der Waals surface area contributed by atoms with Crippen LogP contribution in [0.1, 0.15) is 19.4 Å². The lowest BCUT2D eigenvalue weighted by Gasteiger charge is -2.33. The van der Waals surface area contributed by atoms with Gasteiger partial charge in [-0.3, -0.25) is 4.79 Å². The molecule has 0 saturated heterocycles. The zero-order valence-corrected chi connectivity index (χ0v) is 27.4. The Morgan fingerprint density at radius 3 is 2.52 bits per heavy atom. The van der Waals surface area contributed by atoms with Crippen molar-refractivity contribution in [3.8, 4) is 5.75 Å². The quantitative estimate of drug-likeness (QED) is 0.225. The van der Waals surface area contributed by atoms with Crippen molar-refractivity contribution in [3.05, 3.63) is 95.5 Å². The highest BCUT2D eigenvalue weighted by molar-refractivity contribution is 7.89. The molecule has 0 unspecified atom stereocenters. The fourth-order valence-electron chi connectivity index (χ4n) is 5.48. The summed E-state index contributed by atoms with van der Waals surface area (Å²) in [4.78, 5) is 28.3. The number of halogens is 1. The van der Waals surface area contributed by atoms with Gasteiger partial charge in [0.2, 0.25) is 15.9 Å². The Labute approximate surface area is 274 Å². The van der Waals surface area contributed by atoms with Gasteiger partial charge in [0, 0.05) is 41.2 Å². The van der Waals surface area contributed by atoms with Crippen molar-refractivity contribution in [1.29, 1.82) is 0 Å². The summed E-state index contributed by atoms with van der Waals surface area (Å²) in [5, 5.41) is 18.0. The molecular formula is C34H37ClN4O6S. The largest absolute Gasteiger partial charge is 0.488 e. The number of aliphatic hydroxyl groups excluding tert-OH is 1. The number of nitrogens with one attached hydrogen (secondary N) is 2. The third-order valence-electron chi connectivity index (χ3n) is 8.17. The molecule has 0 fully saturated rings. The molecule has 0 bridgehead atoms. The molecule has 12 heteroatoms. The van der Waals surface area contributed by atoms with Crippen molar-refractivity contribution < 1.29 is 27.9 Å². The zero-order chi connectivity index (χ0) is 33.0. The maximum absolute atomic E-state index is 13.6. The molecule has 3 N–H and O–H groups in total. The second kappa shape index (κ2) is 14.1. The van der Waals surface area contributed by atoms with Crippen LogP contribution in [0.5, 0.6) is 5.75 Å². The Kier molecular flexibility index (Phi) is 10.2. The SMILES string of the molecule is C[C@H](CO)N1C[C@H](C)[C@@H](CN(C)S(=O)(=O)c2ccc(Cl)cc2)Oc2ccc(NC(=O)Nc3cccc4ccccc34)cc2CC1=O. The molecule has 5 rings (SSSR count). The second-order valence-corrected chi connectivity index (χ2v) is 14.0. The Hall–Kier alpha value is -4.16. The lowest BCUT2D eigenvalue weighted by Crippen LogP contribution is -2.48. The maximum atomic E-state index is 13.6. The number of anilines is 2. The molecule has 4 aromatic rings. The van der Waals surface area contributed by atoms with Gasteiger partial charge in [-0.25, -0.2) is 13.2 Å². The number of likely N-dealkylation sites (N-methyl/N-ethyl adjacent to an activating group) is 1. The average molecular weight is 665 g/mol. The van der Waals surface area contributed by atoms with Crippen molar-refractivity contribution in [2.45, 2.75) is 37.3 Å². The standard InChI is InChI=1S/C34H37ClN4O6S/c1-22-19-39(23(2)21-40)33(41)18-25-17-27(36-34(42)37-30-10-6-8-24-7-4-5-9-29(24)30)13-16-31(25)45-32(22)20-38(3)46(43,44)28-14-11-26(35)12-15-28/h4-17,22-23,32,40H,18-21H2,1-3H3,(H2,36,37,42)/t22-,23+,32+/m0/s1. The number of amides is 3. The number of hydrogen-bond acceptors (Lipinski definition) is 6. The molecule has 1 aliphatic rings. The van der Waals surface area contributed by atoms with E-state index in [1.807, 2.05) is 49.4 Å². The highest BCUT2D eigenvalue weighted by Crippen LogP contribution is 2.30. The predicted molar refractivity (Wildman–Crippen MR) is 180 cm³/mol. The third-order valence-corrected chi connectivity index (χ3v) is 10.3. The van der Waals surface area contributed by atoms with E-state index in [0.29, 0.717) is 27.7 Å². The van der Waals surface area contributed by atoms with Gasteiger partial charge in [-0.1, -0.05) is 54.9 Å². The molecule has 46 heavy (non-hydrogen) atoms. The van der Waals surface area contributed by atoms with Gasteiger partial charge in [-0.05, 0) is 60.8 Å². The van der Waals surface area contributed by atoms with Gasteiger partial charge in [0.1, 0.15) is 11.9 Å². The highest BCUT2D eigenvalue weighted by atomic mass is 35.5. The molecule has 4 aromatic carbocycles. The van der Waals surface area contributed by atoms with Gasteiger partial charge < -0.3 is 25.4 Å². The number of urea groups is 1. The van der Waals surface area contributed by atoms with Crippen molar-refractivity contribution in [2.24, 2.45) is 5.92 Å². The average Bonchev–Trinajstić information content (AvgIpc) is 3.08. The lowest BCUT2D eigenvalue weighted by molar-refractivity contribution is -0.134. The molecule has 0 saturated carbocycles. The summed E-state index contributed by atoms with van der Waals surface area (Å²) in [5.74, 6) is -0.129. The molecule has 0 radical (unpaired) electrons. The van der Waals surface area contributed by atoms with Crippen LogP contribution in [0.4, 0.5) is 16.2 Å². The molecular weight excluding hydrogens is 628 g/mol. The first kappa shape index (κ1) is 33.2. The van der Waals surface area contributed by atoms with E-state index < -0.39 is 28.2 Å². The molecule has 10 nitrogen and oxygen atoms in total. The van der Waals surface area contributed by atoms with Crippen molar-refractivity contribution in [1.82, 2.24) is 9.21 Å². The number of aliphatic hydroxyl groups is 1. The fraction of sp³-hybridized carbons (Fsp3) is 0.294. The minimum absolute atomic E-state index is 0.00541. The first-order chi connectivity index (χ1) is 22.0. The van der Waals surface area contributed by atoms with Crippen molar-refractivity contribution in [3.63, 3.8) is 0 Å². The van der Waals surface area contributed by atoms with Gasteiger partial charge >= 0.3 is 6.03 Å². The van der Waals surface area contributed by atoms with Crippen LogP contribution < -0.4 is 15.4 Å². The molecule has 1 heterocycles. The number of fused-ring (bicyclic) bond motifs is 2. The van der Waals surface area contributed by atoms with E-state index in [9.17, 15) is 23.1 Å². The van der Waals surface area contributed by atoms with Gasteiger partial charge in [0.15, 0.2) is 0 Å². The Balaban J connectivity index is 1.41. The first-order valence-corrected chi connectivity index (χ1v) is 16.8. The molecule has 242 valence electrons. The van der Waals surface area contributed by atoms with Gasteiger partial charge in [-0.2, -0.15) is 4.31 Å². The molecule has 1 aliphatic heterocycles. The van der Waals surface area contributed by atoms with Gasteiger partial charge in [0.25, 0.3) is 0 Å². The normalized spacial score (nSPS) is 17.8. The lowest BCUT2D eigenvalue weighted by atomic mass is 10.0. The number of carbonyl (C=O) groups is 2. The number of benzene rings is 4. The molecule has 0 aliphatic carbocycles. The second-order valence-electron chi connectivity index (χ2n) is 11.6. The van der Waals surface area contributed by atoms with E-state index in [1.54, 1.807) is 30.0 Å². The number of sulfonamides is 1. The predicted octanol–water partition coefficient (Wildman–Crippen LogP) is 5.61. The minimum atomic E-state index is -3.87. The number of nitrogens with zero attached hydrogens (tertiary/aromatic N) is 2. The highest BCUT2D eigenvalue weighted by Gasteiger charge is 2.33.